The molecule has 94 valence electrons. The minimum Gasteiger partial charge on any atom is -0.494 e. The van der Waals surface area contributed by atoms with Crippen LogP contribution in [0.4, 0.5) is 0 Å². The predicted molar refractivity (Wildman–Crippen MR) is 72.1 cm³/mol. The van der Waals surface area contributed by atoms with Gasteiger partial charge in [0.15, 0.2) is 0 Å². The molecule has 0 spiro atoms. The summed E-state index contributed by atoms with van der Waals surface area (Å²) >= 11 is 1.51. The summed E-state index contributed by atoms with van der Waals surface area (Å²) < 4.78 is 5.51. The molecule has 1 aromatic heterocycles. The SMILES string of the molecule is CCOc1ccccc1CC(=O)Cc1nccs1. The summed E-state index contributed by atoms with van der Waals surface area (Å²) in [7, 11) is 0. The molecule has 0 fully saturated rings. The molecule has 0 unspecified atom stereocenters. The second kappa shape index (κ2) is 6.31. The van der Waals surface area contributed by atoms with E-state index in [0.717, 1.165) is 16.3 Å². The number of carbonyl (C=O) groups excluding carboxylic acids is 1. The van der Waals surface area contributed by atoms with Crippen LogP contribution < -0.4 is 4.74 Å². The van der Waals surface area contributed by atoms with Crippen molar-refractivity contribution in [3.05, 3.63) is 46.4 Å². The van der Waals surface area contributed by atoms with E-state index in [4.69, 9.17) is 4.74 Å². The Balaban J connectivity index is 2.02. The molecular weight excluding hydrogens is 246 g/mol. The van der Waals surface area contributed by atoms with Gasteiger partial charge in [-0.2, -0.15) is 0 Å². The summed E-state index contributed by atoms with van der Waals surface area (Å²) in [6.07, 6.45) is 2.52. The van der Waals surface area contributed by atoms with Crippen LogP contribution in [0.1, 0.15) is 17.5 Å². The minimum absolute atomic E-state index is 0.164. The molecule has 0 saturated heterocycles. The molecule has 18 heavy (non-hydrogen) atoms. The van der Waals surface area contributed by atoms with Gasteiger partial charge in [0.25, 0.3) is 0 Å². The van der Waals surface area contributed by atoms with E-state index in [0.29, 0.717) is 19.4 Å². The zero-order valence-corrected chi connectivity index (χ0v) is 11.1. The Hall–Kier alpha value is -1.68. The molecule has 0 amide bonds. The smallest absolute Gasteiger partial charge is 0.144 e. The predicted octanol–water partition coefficient (Wildman–Crippen LogP) is 2.90. The van der Waals surface area contributed by atoms with Gasteiger partial charge in [0.05, 0.1) is 18.0 Å². The van der Waals surface area contributed by atoms with Crippen molar-refractivity contribution in [2.45, 2.75) is 19.8 Å². The Morgan fingerprint density at radius 2 is 2.17 bits per heavy atom. The Bertz CT molecular complexity index is 508. The number of benzene rings is 1. The lowest BCUT2D eigenvalue weighted by molar-refractivity contribution is -0.117. The lowest BCUT2D eigenvalue weighted by Crippen LogP contribution is -2.08. The van der Waals surface area contributed by atoms with Gasteiger partial charge >= 0.3 is 0 Å². The van der Waals surface area contributed by atoms with Crippen molar-refractivity contribution in [3.8, 4) is 5.75 Å². The number of rotatable bonds is 6. The maximum Gasteiger partial charge on any atom is 0.144 e. The third-order valence-corrected chi connectivity index (χ3v) is 3.27. The third kappa shape index (κ3) is 3.40. The van der Waals surface area contributed by atoms with Gasteiger partial charge in [0.2, 0.25) is 0 Å². The summed E-state index contributed by atoms with van der Waals surface area (Å²) in [6, 6.07) is 7.68. The first-order valence-corrected chi connectivity index (χ1v) is 6.78. The highest BCUT2D eigenvalue weighted by Gasteiger charge is 2.10. The number of nitrogens with zero attached hydrogens (tertiary/aromatic N) is 1. The van der Waals surface area contributed by atoms with Crippen LogP contribution in [0.5, 0.6) is 5.75 Å². The molecule has 0 radical (unpaired) electrons. The van der Waals surface area contributed by atoms with Crippen LogP contribution in [0.25, 0.3) is 0 Å². The van der Waals surface area contributed by atoms with Crippen LogP contribution in [0.15, 0.2) is 35.8 Å². The van der Waals surface area contributed by atoms with Crippen LogP contribution in [0.2, 0.25) is 0 Å². The fourth-order valence-corrected chi connectivity index (χ4v) is 2.37. The van der Waals surface area contributed by atoms with E-state index in [1.807, 2.05) is 36.6 Å². The van der Waals surface area contributed by atoms with Gasteiger partial charge in [-0.25, -0.2) is 4.98 Å². The van der Waals surface area contributed by atoms with Crippen molar-refractivity contribution >= 4 is 17.1 Å². The zero-order valence-electron chi connectivity index (χ0n) is 10.3. The highest BCUT2D eigenvalue weighted by Crippen LogP contribution is 2.19. The fraction of sp³-hybridized carbons (Fsp3) is 0.286. The van der Waals surface area contributed by atoms with E-state index in [2.05, 4.69) is 4.98 Å². The largest absolute Gasteiger partial charge is 0.494 e. The van der Waals surface area contributed by atoms with Crippen molar-refractivity contribution in [2.75, 3.05) is 6.61 Å². The van der Waals surface area contributed by atoms with E-state index >= 15 is 0 Å². The molecule has 1 aromatic carbocycles. The summed E-state index contributed by atoms with van der Waals surface area (Å²) in [6.45, 7) is 2.55. The van der Waals surface area contributed by atoms with Gasteiger partial charge in [-0.05, 0) is 13.0 Å². The molecule has 3 nitrogen and oxygen atoms in total. The Kier molecular flexibility index (Phi) is 4.47. The van der Waals surface area contributed by atoms with Crippen molar-refractivity contribution in [2.24, 2.45) is 0 Å². The van der Waals surface area contributed by atoms with Gasteiger partial charge in [0.1, 0.15) is 11.5 Å². The Labute approximate surface area is 110 Å². The molecular formula is C14H15NO2S. The average Bonchev–Trinajstić information content (AvgIpc) is 2.84. The van der Waals surface area contributed by atoms with E-state index in [9.17, 15) is 4.79 Å². The van der Waals surface area contributed by atoms with Crippen LogP contribution in [0, 0.1) is 0 Å². The molecule has 4 heteroatoms. The number of ether oxygens (including phenoxy) is 1. The first-order valence-electron chi connectivity index (χ1n) is 5.90. The normalized spacial score (nSPS) is 10.3. The number of hydrogen-bond donors (Lipinski definition) is 0. The molecule has 0 atom stereocenters. The first-order chi connectivity index (χ1) is 8.79. The quantitative estimate of drug-likeness (QED) is 0.802. The number of Topliss-reactive ketones (excluding diaryl/α,β-unsaturated/α-hetero) is 1. The van der Waals surface area contributed by atoms with E-state index in [-0.39, 0.29) is 5.78 Å². The van der Waals surface area contributed by atoms with Crippen LogP contribution in [-0.4, -0.2) is 17.4 Å². The lowest BCUT2D eigenvalue weighted by atomic mass is 10.1. The lowest BCUT2D eigenvalue weighted by Gasteiger charge is -2.08. The number of aromatic nitrogens is 1. The van der Waals surface area contributed by atoms with Crippen molar-refractivity contribution in [3.63, 3.8) is 0 Å². The van der Waals surface area contributed by atoms with Crippen molar-refractivity contribution < 1.29 is 9.53 Å². The summed E-state index contributed by atoms with van der Waals surface area (Å²) in [5.41, 5.74) is 0.945. The maximum atomic E-state index is 11.9. The van der Waals surface area contributed by atoms with Gasteiger partial charge < -0.3 is 4.74 Å². The first kappa shape index (κ1) is 12.8. The van der Waals surface area contributed by atoms with Crippen LogP contribution in [0.3, 0.4) is 0 Å². The van der Waals surface area contributed by atoms with E-state index in [1.54, 1.807) is 6.20 Å². The molecule has 0 aliphatic rings. The Morgan fingerprint density at radius 1 is 1.33 bits per heavy atom. The zero-order chi connectivity index (χ0) is 12.8. The number of carbonyl (C=O) groups is 1. The van der Waals surface area contributed by atoms with Crippen molar-refractivity contribution in [1.82, 2.24) is 4.98 Å². The fourth-order valence-electron chi connectivity index (χ4n) is 1.73. The molecule has 2 aromatic rings. The topological polar surface area (TPSA) is 39.2 Å². The van der Waals surface area contributed by atoms with Crippen molar-refractivity contribution in [1.29, 1.82) is 0 Å². The molecule has 0 N–H and O–H groups in total. The summed E-state index contributed by atoms with van der Waals surface area (Å²) in [5.74, 6) is 0.963. The van der Waals surface area contributed by atoms with E-state index in [1.165, 1.54) is 11.3 Å². The molecule has 0 bridgehead atoms. The summed E-state index contributed by atoms with van der Waals surface area (Å²) in [5, 5.41) is 2.76. The molecule has 1 heterocycles. The second-order valence-corrected chi connectivity index (χ2v) is 4.84. The molecule has 2 rings (SSSR count). The van der Waals surface area contributed by atoms with Gasteiger partial charge in [-0.1, -0.05) is 18.2 Å². The van der Waals surface area contributed by atoms with Gasteiger partial charge in [-0.3, -0.25) is 4.79 Å². The van der Waals surface area contributed by atoms with Gasteiger partial charge in [0, 0.05) is 23.6 Å². The van der Waals surface area contributed by atoms with E-state index < -0.39 is 0 Å². The number of hydrogen-bond acceptors (Lipinski definition) is 4. The second-order valence-electron chi connectivity index (χ2n) is 3.86. The minimum atomic E-state index is 0.164. The maximum absolute atomic E-state index is 11.9. The summed E-state index contributed by atoms with van der Waals surface area (Å²) in [4.78, 5) is 16.1. The van der Waals surface area contributed by atoms with Gasteiger partial charge in [-0.15, -0.1) is 11.3 Å². The van der Waals surface area contributed by atoms with Crippen LogP contribution >= 0.6 is 11.3 Å². The standard InChI is InChI=1S/C14H15NO2S/c1-2-17-13-6-4-3-5-11(13)9-12(16)10-14-15-7-8-18-14/h3-8H,2,9-10H2,1H3. The number of thiazole rings is 1. The third-order valence-electron chi connectivity index (χ3n) is 2.49. The highest BCUT2D eigenvalue weighted by atomic mass is 32.1. The highest BCUT2D eigenvalue weighted by molar-refractivity contribution is 7.09. The Morgan fingerprint density at radius 3 is 2.89 bits per heavy atom. The average molecular weight is 261 g/mol. The monoisotopic (exact) mass is 261 g/mol. The number of ketones is 1. The number of para-hydroxylation sites is 1. The molecule has 0 saturated carbocycles. The van der Waals surface area contributed by atoms with Crippen LogP contribution in [-0.2, 0) is 17.6 Å². The molecule has 0 aliphatic heterocycles. The molecule has 0 aliphatic carbocycles.